The molecule has 37 heteroatoms. The zero-order valence-corrected chi connectivity index (χ0v) is 60.3. The van der Waals surface area contributed by atoms with Gasteiger partial charge in [-0.3, -0.25) is 72.1 Å². The second-order valence-electron chi connectivity index (χ2n) is 25.9. The summed E-state index contributed by atoms with van der Waals surface area (Å²) in [6.45, 7) is 2.07. The van der Waals surface area contributed by atoms with Crippen LogP contribution in [0, 0.1) is 11.7 Å². The van der Waals surface area contributed by atoms with Crippen LogP contribution >= 0.6 is 21.6 Å². The highest BCUT2D eigenvalue weighted by atomic mass is 33.1. The summed E-state index contributed by atoms with van der Waals surface area (Å²) in [5.41, 5.74) is 24.4. The highest BCUT2D eigenvalue weighted by Crippen LogP contribution is 2.26. The predicted octanol–water partition coefficient (Wildman–Crippen LogP) is -1.65. The summed E-state index contributed by atoms with van der Waals surface area (Å²) in [6, 6.07) is 2.61. The molecule has 1 saturated heterocycles. The van der Waals surface area contributed by atoms with Crippen LogP contribution in [0.5, 0.6) is 5.75 Å². The number of nitrogens with two attached hydrogens (primary N) is 4. The SMILES string of the molecule is CC(C)[C@@H]1NC(=O)[C@@H](NC(=O)[C@H](Cc2ccc(O)cc2)NC(=O)CN(C(=O)CCN)C2CCCC2)CSSC[C@H](C(N)=O)NC(=O)[C@H](CCC(=O)O)NC(=O)[C@H](Cc2c[nH]c3ccccc23)NC(=O)[C@H](CCC(=O)O)NC(=O)CCNC(=O)[C@H](CCCN=C(N)N)NC(=O)C(Cc2cccc(F)c2)NC1=O. The van der Waals surface area contributed by atoms with Gasteiger partial charge in [0.15, 0.2) is 5.96 Å². The fourth-order valence-corrected chi connectivity index (χ4v) is 14.1. The van der Waals surface area contributed by atoms with Crippen molar-refractivity contribution in [2.75, 3.05) is 37.7 Å². The minimum Gasteiger partial charge on any atom is -0.508 e. The molecule has 34 nitrogen and oxygen atoms in total. The minimum atomic E-state index is -1.77. The van der Waals surface area contributed by atoms with Gasteiger partial charge >= 0.3 is 11.9 Å². The number of para-hydroxylation sites is 1. The second-order valence-corrected chi connectivity index (χ2v) is 28.5. The van der Waals surface area contributed by atoms with Gasteiger partial charge in [0, 0.05) is 99.2 Å². The molecule has 1 aromatic heterocycles. The molecule has 0 spiro atoms. The number of carbonyl (C=O) groups excluding carboxylic acids is 12. The Labute approximate surface area is 617 Å². The maximum Gasteiger partial charge on any atom is 0.303 e. The van der Waals surface area contributed by atoms with E-state index in [1.54, 1.807) is 30.5 Å². The Morgan fingerprint density at radius 3 is 1.91 bits per heavy atom. The van der Waals surface area contributed by atoms with E-state index in [1.165, 1.54) is 55.1 Å². The molecule has 2 aliphatic rings. The number of nitrogens with zero attached hydrogens (tertiary/aromatic N) is 2. The number of carboxylic acids is 2. The number of halogens is 1. The van der Waals surface area contributed by atoms with Crippen LogP contribution in [0.15, 0.2) is 84.0 Å². The number of aromatic nitrogens is 1. The van der Waals surface area contributed by atoms with E-state index in [0.717, 1.165) is 46.6 Å². The van der Waals surface area contributed by atoms with Crippen LogP contribution < -0.4 is 76.1 Å². The summed E-state index contributed by atoms with van der Waals surface area (Å²) in [5.74, 6) is -17.0. The Bertz CT molecular complexity index is 3800. The first-order valence-electron chi connectivity index (χ1n) is 34.6. The smallest absolute Gasteiger partial charge is 0.303 e. The molecule has 1 aliphatic carbocycles. The molecule has 3 aromatic carbocycles. The van der Waals surface area contributed by atoms with E-state index < -0.39 is 206 Å². The van der Waals surface area contributed by atoms with Gasteiger partial charge in [-0.05, 0) is 91.5 Å². The second kappa shape index (κ2) is 42.4. The largest absolute Gasteiger partial charge is 0.508 e. The molecular weight excluding hydrogens is 1420 g/mol. The van der Waals surface area contributed by atoms with Gasteiger partial charge in [-0.1, -0.05) is 90.7 Å². The third-order valence-electron chi connectivity index (χ3n) is 17.4. The number of benzene rings is 3. The van der Waals surface area contributed by atoms with E-state index in [-0.39, 0.29) is 74.4 Å². The minimum absolute atomic E-state index is 0.000348. The summed E-state index contributed by atoms with van der Waals surface area (Å²) in [7, 11) is 1.66. The number of amides is 12. The van der Waals surface area contributed by atoms with Gasteiger partial charge < -0.3 is 101 Å². The van der Waals surface area contributed by atoms with Gasteiger partial charge in [0.25, 0.3) is 0 Å². The van der Waals surface area contributed by atoms with Crippen LogP contribution in [0.1, 0.15) is 108 Å². The lowest BCUT2D eigenvalue weighted by atomic mass is 10.00. The molecule has 106 heavy (non-hydrogen) atoms. The molecule has 0 radical (unpaired) electrons. The van der Waals surface area contributed by atoms with Crippen LogP contribution in [-0.2, 0) is 86.4 Å². The number of aromatic amines is 1. The quantitative estimate of drug-likeness (QED) is 0.0145. The third kappa shape index (κ3) is 27.8. The van der Waals surface area contributed by atoms with Crippen molar-refractivity contribution in [3.05, 3.63) is 102 Å². The number of carbonyl (C=O) groups is 14. The summed E-state index contributed by atoms with van der Waals surface area (Å²) >= 11 is 0. The third-order valence-corrected chi connectivity index (χ3v) is 19.8. The molecule has 22 N–H and O–H groups in total. The number of primary amides is 1. The number of H-pyrrole nitrogens is 1. The van der Waals surface area contributed by atoms with Crippen molar-refractivity contribution in [1.82, 2.24) is 63.1 Å². The Balaban J connectivity index is 1.41. The van der Waals surface area contributed by atoms with E-state index in [0.29, 0.717) is 34.9 Å². The van der Waals surface area contributed by atoms with Gasteiger partial charge in [0.05, 0.1) is 6.54 Å². The summed E-state index contributed by atoms with van der Waals surface area (Å²) in [6.07, 6.45) is 0.0102. The highest BCUT2D eigenvalue weighted by molar-refractivity contribution is 8.76. The van der Waals surface area contributed by atoms with Crippen LogP contribution in [0.25, 0.3) is 10.9 Å². The highest BCUT2D eigenvalue weighted by Gasteiger charge is 2.38. The molecule has 2 heterocycles. The molecule has 1 saturated carbocycles. The van der Waals surface area contributed by atoms with Crippen LogP contribution in [0.2, 0.25) is 0 Å². The molecule has 12 amide bonds. The summed E-state index contributed by atoms with van der Waals surface area (Å²) in [5, 5.41) is 56.0. The van der Waals surface area contributed by atoms with Gasteiger partial charge in [0.1, 0.15) is 65.9 Å². The first-order valence-corrected chi connectivity index (χ1v) is 37.1. The molecule has 1 unspecified atom stereocenters. The topological polar surface area (TPSA) is 555 Å². The molecule has 9 atom stereocenters. The van der Waals surface area contributed by atoms with Gasteiger partial charge in [0.2, 0.25) is 70.9 Å². The Hall–Kier alpha value is -10.6. The lowest BCUT2D eigenvalue weighted by molar-refractivity contribution is -0.139. The standard InChI is InChI=1S/C69H94FN17O17S2/c1-37(2)59-68(104)83-50(31-39-9-7-10-41(70)29-39)65(101)80-46(15-8-27-76-69(73)74)61(97)75-28-25-54(89)78-47(20-22-57(92)93)62(98)82-51(32-40-33-77-45-14-6-5-13-44(40)45)66(102)81-48(21-23-58(94)95)63(99)84-52(60(72)96)35-105-106-36-53(67(103)86-59)85-64(100)49(30-38-16-18-43(88)19-17-38)79-55(90)34-87(56(91)24-26-71)42-11-3-4-12-42/h5-7,9-10,13-14,16-19,29,33,37,42,46-53,59,77,88H,3-4,8,11-12,15,20-28,30-32,34-36,71H2,1-2H3,(H2,72,96)(H,75,97)(H,78,89)(H,79,90)(H,80,101)(H,81,102)(H,82,98)(H,83,104)(H,84,99)(H,85,100)(H,86,103)(H,92,93)(H,94,95)(H4,73,74,76)/t46-,47-,48-,49-,50?,51-,52+,53-,59-/m0/s1. The Morgan fingerprint density at radius 1 is 0.670 bits per heavy atom. The van der Waals surface area contributed by atoms with E-state index in [9.17, 15) is 82.0 Å². The number of phenolic OH excluding ortho intramolecular Hbond substituents is 1. The lowest BCUT2D eigenvalue weighted by Crippen LogP contribution is -2.61. The number of aliphatic carboxylic acids is 2. The number of nitrogens with one attached hydrogen (secondary N) is 11. The monoisotopic (exact) mass is 1520 g/mol. The fraction of sp³-hybridized carbons (Fsp3) is 0.493. The maximum atomic E-state index is 15.0. The van der Waals surface area contributed by atoms with E-state index in [1.807, 2.05) is 0 Å². The Morgan fingerprint density at radius 2 is 1.27 bits per heavy atom. The molecule has 576 valence electrons. The van der Waals surface area contributed by atoms with Crippen molar-refractivity contribution in [1.29, 1.82) is 0 Å². The van der Waals surface area contributed by atoms with E-state index in [4.69, 9.17) is 22.9 Å². The van der Waals surface area contributed by atoms with Crippen molar-refractivity contribution in [2.24, 2.45) is 33.8 Å². The fourth-order valence-electron chi connectivity index (χ4n) is 11.8. The van der Waals surface area contributed by atoms with Crippen LogP contribution in [0.3, 0.4) is 0 Å². The van der Waals surface area contributed by atoms with Crippen LogP contribution in [-0.4, -0.2) is 212 Å². The van der Waals surface area contributed by atoms with Crippen molar-refractivity contribution >= 4 is 121 Å². The number of hydrogen-bond acceptors (Lipinski definition) is 19. The summed E-state index contributed by atoms with van der Waals surface area (Å²) in [4.78, 5) is 204. The number of aliphatic imine (C=N–C) groups is 1. The molecular formula is C69H94FN17O17S2. The maximum absolute atomic E-state index is 15.0. The lowest BCUT2D eigenvalue weighted by Gasteiger charge is -2.30. The number of guanidine groups is 1. The van der Waals surface area contributed by atoms with Crippen LogP contribution in [0.4, 0.5) is 4.39 Å². The van der Waals surface area contributed by atoms with Crippen molar-refractivity contribution < 1.29 is 86.8 Å². The van der Waals surface area contributed by atoms with Crippen molar-refractivity contribution in [2.45, 2.75) is 171 Å². The predicted molar refractivity (Wildman–Crippen MR) is 389 cm³/mol. The number of hydrogen-bond donors (Lipinski definition) is 18. The molecule has 1 aliphatic heterocycles. The Kier molecular flexibility index (Phi) is 33.8. The van der Waals surface area contributed by atoms with Crippen molar-refractivity contribution in [3.63, 3.8) is 0 Å². The van der Waals surface area contributed by atoms with E-state index >= 15 is 4.79 Å². The van der Waals surface area contributed by atoms with E-state index in [2.05, 4.69) is 63.1 Å². The molecule has 2 fully saturated rings. The molecule has 6 rings (SSSR count). The summed E-state index contributed by atoms with van der Waals surface area (Å²) < 4.78 is 14.9. The first-order chi connectivity index (χ1) is 50.5. The van der Waals surface area contributed by atoms with Gasteiger partial charge in [-0.2, -0.15) is 0 Å². The average molecular weight is 1520 g/mol. The molecule has 4 aromatic rings. The number of rotatable bonds is 26. The zero-order chi connectivity index (χ0) is 77.6. The zero-order valence-electron chi connectivity index (χ0n) is 58.7. The van der Waals surface area contributed by atoms with Gasteiger partial charge in [-0.25, -0.2) is 4.39 Å². The number of aromatic hydroxyl groups is 1. The van der Waals surface area contributed by atoms with Gasteiger partial charge in [-0.15, -0.1) is 0 Å². The number of carboxylic acid groups (broad SMARTS) is 2. The first kappa shape index (κ1) is 84.4. The normalized spacial score (nSPS) is 21.4. The van der Waals surface area contributed by atoms with Crippen molar-refractivity contribution in [3.8, 4) is 5.75 Å². The number of fused-ring (bicyclic) bond motifs is 1. The molecule has 0 bridgehead atoms. The number of phenols is 1. The average Bonchev–Trinajstić information content (AvgIpc) is 1.65.